The van der Waals surface area contributed by atoms with Gasteiger partial charge in [-0.1, -0.05) is 12.1 Å². The zero-order valence-corrected chi connectivity index (χ0v) is 10.8. The van der Waals surface area contributed by atoms with Crippen molar-refractivity contribution in [2.45, 2.75) is 13.8 Å². The molecule has 2 aromatic carbocycles. The Kier molecular flexibility index (Phi) is 2.52. The first-order valence-electron chi connectivity index (χ1n) is 6.07. The molecule has 0 atom stereocenters. The molecule has 0 aliphatic carbocycles. The standard InChI is InChI=1S/C15H14FN3/c1-8-6-9(2)13(17)10(7-8)15-18-12-5-3-4-11(16)14(12)19-15/h3-7H,17H2,1-2H3,(H,18,19). The van der Waals surface area contributed by atoms with Gasteiger partial charge < -0.3 is 10.7 Å². The van der Waals surface area contributed by atoms with Crippen LogP contribution in [-0.2, 0) is 0 Å². The van der Waals surface area contributed by atoms with Crippen molar-refractivity contribution in [2.75, 3.05) is 5.73 Å². The Morgan fingerprint density at radius 3 is 2.74 bits per heavy atom. The van der Waals surface area contributed by atoms with Gasteiger partial charge in [0.2, 0.25) is 0 Å². The van der Waals surface area contributed by atoms with Crippen LogP contribution in [0.2, 0.25) is 0 Å². The summed E-state index contributed by atoms with van der Waals surface area (Å²) < 4.78 is 13.7. The number of nitrogens with two attached hydrogens (primary N) is 1. The summed E-state index contributed by atoms with van der Waals surface area (Å²) in [6.07, 6.45) is 0. The monoisotopic (exact) mass is 255 g/mol. The van der Waals surface area contributed by atoms with E-state index < -0.39 is 0 Å². The van der Waals surface area contributed by atoms with E-state index in [1.165, 1.54) is 6.07 Å². The lowest BCUT2D eigenvalue weighted by molar-refractivity contribution is 0.637. The first-order valence-corrected chi connectivity index (χ1v) is 6.07. The highest BCUT2D eigenvalue weighted by Crippen LogP contribution is 2.29. The van der Waals surface area contributed by atoms with Gasteiger partial charge in [-0.15, -0.1) is 0 Å². The van der Waals surface area contributed by atoms with Crippen LogP contribution < -0.4 is 5.73 Å². The summed E-state index contributed by atoms with van der Waals surface area (Å²) in [7, 11) is 0. The predicted octanol–water partition coefficient (Wildman–Crippen LogP) is 3.57. The summed E-state index contributed by atoms with van der Waals surface area (Å²) in [5.41, 5.74) is 10.7. The Morgan fingerprint density at radius 1 is 1.21 bits per heavy atom. The first kappa shape index (κ1) is 11.7. The van der Waals surface area contributed by atoms with E-state index in [-0.39, 0.29) is 5.82 Å². The molecule has 4 heteroatoms. The van der Waals surface area contributed by atoms with Gasteiger partial charge in [-0.3, -0.25) is 0 Å². The summed E-state index contributed by atoms with van der Waals surface area (Å²) in [4.78, 5) is 7.43. The van der Waals surface area contributed by atoms with Crippen LogP contribution in [0.15, 0.2) is 30.3 Å². The maximum atomic E-state index is 13.7. The van der Waals surface area contributed by atoms with E-state index in [1.807, 2.05) is 26.0 Å². The summed E-state index contributed by atoms with van der Waals surface area (Å²) in [5.74, 6) is 0.271. The molecule has 1 heterocycles. The second kappa shape index (κ2) is 4.09. The second-order valence-corrected chi connectivity index (χ2v) is 4.76. The molecule has 0 aliphatic rings. The largest absolute Gasteiger partial charge is 0.398 e. The third kappa shape index (κ3) is 1.85. The second-order valence-electron chi connectivity index (χ2n) is 4.76. The highest BCUT2D eigenvalue weighted by atomic mass is 19.1. The molecular weight excluding hydrogens is 241 g/mol. The minimum absolute atomic E-state index is 0.331. The molecule has 0 saturated heterocycles. The normalized spacial score (nSPS) is 11.1. The van der Waals surface area contributed by atoms with Gasteiger partial charge in [0.25, 0.3) is 0 Å². The van der Waals surface area contributed by atoms with Crippen LogP contribution in [-0.4, -0.2) is 9.97 Å². The van der Waals surface area contributed by atoms with Gasteiger partial charge in [-0.25, -0.2) is 9.37 Å². The number of nitrogen functional groups attached to an aromatic ring is 1. The van der Waals surface area contributed by atoms with Crippen molar-refractivity contribution in [2.24, 2.45) is 0 Å². The number of H-pyrrole nitrogens is 1. The lowest BCUT2D eigenvalue weighted by atomic mass is 10.0. The zero-order chi connectivity index (χ0) is 13.6. The van der Waals surface area contributed by atoms with E-state index in [9.17, 15) is 4.39 Å². The Labute approximate surface area is 110 Å². The van der Waals surface area contributed by atoms with Gasteiger partial charge in [0.15, 0.2) is 5.82 Å². The number of halogens is 1. The van der Waals surface area contributed by atoms with Crippen molar-refractivity contribution in [1.29, 1.82) is 0 Å². The number of aryl methyl sites for hydroxylation is 2. The number of aromatic nitrogens is 2. The molecule has 96 valence electrons. The number of hydrogen-bond acceptors (Lipinski definition) is 2. The van der Waals surface area contributed by atoms with Crippen LogP contribution in [0.3, 0.4) is 0 Å². The van der Waals surface area contributed by atoms with Gasteiger partial charge in [-0.05, 0) is 43.2 Å². The number of imidazole rings is 1. The molecule has 0 fully saturated rings. The fourth-order valence-corrected chi connectivity index (χ4v) is 2.30. The molecule has 0 bridgehead atoms. The lowest BCUT2D eigenvalue weighted by Gasteiger charge is -2.07. The van der Waals surface area contributed by atoms with E-state index in [4.69, 9.17) is 5.73 Å². The van der Waals surface area contributed by atoms with Gasteiger partial charge >= 0.3 is 0 Å². The average molecular weight is 255 g/mol. The molecule has 3 N–H and O–H groups in total. The van der Waals surface area contributed by atoms with E-state index in [1.54, 1.807) is 12.1 Å². The van der Waals surface area contributed by atoms with Crippen LogP contribution in [0.1, 0.15) is 11.1 Å². The number of aromatic amines is 1. The van der Waals surface area contributed by atoms with Crippen LogP contribution in [0.4, 0.5) is 10.1 Å². The van der Waals surface area contributed by atoms with Gasteiger partial charge in [-0.2, -0.15) is 0 Å². The number of anilines is 1. The Balaban J connectivity index is 2.28. The summed E-state index contributed by atoms with van der Waals surface area (Å²) >= 11 is 0. The summed E-state index contributed by atoms with van der Waals surface area (Å²) in [6, 6.07) is 8.83. The predicted molar refractivity (Wildman–Crippen MR) is 75.4 cm³/mol. The molecule has 0 unspecified atom stereocenters. The fourth-order valence-electron chi connectivity index (χ4n) is 2.30. The molecular formula is C15H14FN3. The molecule has 0 spiro atoms. The van der Waals surface area contributed by atoms with Crippen molar-refractivity contribution in [3.8, 4) is 11.4 Å². The fraction of sp³-hybridized carbons (Fsp3) is 0.133. The van der Waals surface area contributed by atoms with Gasteiger partial charge in [0.05, 0.1) is 5.52 Å². The number of para-hydroxylation sites is 1. The zero-order valence-electron chi connectivity index (χ0n) is 10.8. The number of nitrogens with one attached hydrogen (secondary N) is 1. The Bertz CT molecular complexity index is 774. The van der Waals surface area contributed by atoms with Crippen LogP contribution in [0, 0.1) is 19.7 Å². The number of fused-ring (bicyclic) bond motifs is 1. The van der Waals surface area contributed by atoms with Crippen LogP contribution in [0.5, 0.6) is 0 Å². The highest BCUT2D eigenvalue weighted by Gasteiger charge is 2.12. The topological polar surface area (TPSA) is 54.7 Å². The molecule has 3 nitrogen and oxygen atoms in total. The maximum Gasteiger partial charge on any atom is 0.151 e. The SMILES string of the molecule is Cc1cc(C)c(N)c(-c2nc3c(F)cccc3[nH]2)c1. The van der Waals surface area contributed by atoms with E-state index in [0.717, 1.165) is 16.7 Å². The third-order valence-electron chi connectivity index (χ3n) is 3.25. The van der Waals surface area contributed by atoms with Crippen molar-refractivity contribution in [1.82, 2.24) is 9.97 Å². The van der Waals surface area contributed by atoms with Crippen LogP contribution >= 0.6 is 0 Å². The van der Waals surface area contributed by atoms with Crippen molar-refractivity contribution >= 4 is 16.7 Å². The maximum absolute atomic E-state index is 13.7. The van der Waals surface area contributed by atoms with E-state index >= 15 is 0 Å². The van der Waals surface area contributed by atoms with Crippen molar-refractivity contribution in [3.63, 3.8) is 0 Å². The summed E-state index contributed by atoms with van der Waals surface area (Å²) in [5, 5.41) is 0. The Hall–Kier alpha value is -2.36. The van der Waals surface area contributed by atoms with Crippen LogP contribution in [0.25, 0.3) is 22.4 Å². The molecule has 0 saturated carbocycles. The van der Waals surface area contributed by atoms with E-state index in [2.05, 4.69) is 9.97 Å². The first-order chi connectivity index (χ1) is 9.06. The Morgan fingerprint density at radius 2 is 2.00 bits per heavy atom. The number of nitrogens with zero attached hydrogens (tertiary/aromatic N) is 1. The average Bonchev–Trinajstić information content (AvgIpc) is 2.79. The molecule has 3 rings (SSSR count). The lowest BCUT2D eigenvalue weighted by Crippen LogP contribution is -1.96. The minimum atomic E-state index is -0.331. The molecule has 1 aromatic heterocycles. The van der Waals surface area contributed by atoms with Gasteiger partial charge in [0, 0.05) is 11.3 Å². The number of hydrogen-bond donors (Lipinski definition) is 2. The third-order valence-corrected chi connectivity index (χ3v) is 3.25. The minimum Gasteiger partial charge on any atom is -0.398 e. The number of rotatable bonds is 1. The van der Waals surface area contributed by atoms with E-state index in [0.29, 0.717) is 22.5 Å². The van der Waals surface area contributed by atoms with Crippen molar-refractivity contribution < 1.29 is 4.39 Å². The molecule has 0 aliphatic heterocycles. The molecule has 0 amide bonds. The smallest absolute Gasteiger partial charge is 0.151 e. The quantitative estimate of drug-likeness (QED) is 0.653. The summed E-state index contributed by atoms with van der Waals surface area (Å²) in [6.45, 7) is 3.95. The molecule has 3 aromatic rings. The number of benzene rings is 2. The molecule has 0 radical (unpaired) electrons. The highest BCUT2D eigenvalue weighted by molar-refractivity contribution is 5.83. The van der Waals surface area contributed by atoms with Crippen molar-refractivity contribution in [3.05, 3.63) is 47.3 Å². The molecule has 19 heavy (non-hydrogen) atoms. The van der Waals surface area contributed by atoms with Gasteiger partial charge in [0.1, 0.15) is 11.3 Å².